The van der Waals surface area contributed by atoms with Gasteiger partial charge in [-0.3, -0.25) is 0 Å². The molecule has 3 rings (SSSR count). The second-order valence-corrected chi connectivity index (χ2v) is 9.63. The molecule has 0 heterocycles. The summed E-state index contributed by atoms with van der Waals surface area (Å²) in [5, 5.41) is 0. The van der Waals surface area contributed by atoms with Crippen molar-refractivity contribution in [2.75, 3.05) is 27.4 Å². The first-order chi connectivity index (χ1) is 12.4. The van der Waals surface area contributed by atoms with Crippen LogP contribution in [0.15, 0.2) is 57.9 Å². The van der Waals surface area contributed by atoms with Crippen molar-refractivity contribution < 1.29 is 17.9 Å². The standard InChI is InChI=1S/C21H28O4S/c1-15-10-11-18-19(26(22,23)17-8-6-5-7-9-17)12-21(13-24-3,14-25-4)20(18)16(15)2/h5-11,15-16,20H,12-14H2,1-4H3/t15-,16-,20?/m0/s1. The van der Waals surface area contributed by atoms with Crippen LogP contribution in [0, 0.1) is 23.2 Å². The predicted octanol–water partition coefficient (Wildman–Crippen LogP) is 3.86. The average molecular weight is 377 g/mol. The summed E-state index contributed by atoms with van der Waals surface area (Å²) in [5.41, 5.74) is 0.586. The monoisotopic (exact) mass is 376 g/mol. The molecule has 142 valence electrons. The average Bonchev–Trinajstić information content (AvgIpc) is 2.95. The first kappa shape index (κ1) is 19.3. The number of hydrogen-bond donors (Lipinski definition) is 0. The summed E-state index contributed by atoms with van der Waals surface area (Å²) in [5.74, 6) is 0.815. The fourth-order valence-electron chi connectivity index (χ4n) is 4.70. The highest BCUT2D eigenvalue weighted by molar-refractivity contribution is 7.95. The van der Waals surface area contributed by atoms with E-state index < -0.39 is 9.84 Å². The number of hydrogen-bond acceptors (Lipinski definition) is 4. The molecule has 5 heteroatoms. The van der Waals surface area contributed by atoms with Crippen LogP contribution in [0.2, 0.25) is 0 Å². The third-order valence-corrected chi connectivity index (χ3v) is 7.93. The number of rotatable bonds is 6. The molecular formula is C21H28O4S. The zero-order chi connectivity index (χ0) is 18.9. The van der Waals surface area contributed by atoms with Crippen molar-refractivity contribution in [2.45, 2.75) is 25.2 Å². The van der Waals surface area contributed by atoms with Crippen LogP contribution < -0.4 is 0 Å². The Labute approximate surface area is 156 Å². The molecule has 1 unspecified atom stereocenters. The molecule has 4 nitrogen and oxygen atoms in total. The molecule has 0 saturated heterocycles. The highest BCUT2D eigenvalue weighted by Crippen LogP contribution is 2.56. The minimum absolute atomic E-state index is 0.107. The number of methoxy groups -OCH3 is 2. The smallest absolute Gasteiger partial charge is 0.203 e. The highest BCUT2D eigenvalue weighted by atomic mass is 32.2. The third kappa shape index (κ3) is 3.06. The van der Waals surface area contributed by atoms with Gasteiger partial charge in [0.25, 0.3) is 0 Å². The van der Waals surface area contributed by atoms with E-state index in [9.17, 15) is 8.42 Å². The fraction of sp³-hybridized carbons (Fsp3) is 0.524. The minimum Gasteiger partial charge on any atom is -0.384 e. The van der Waals surface area contributed by atoms with Gasteiger partial charge < -0.3 is 9.47 Å². The Morgan fingerprint density at radius 1 is 1.08 bits per heavy atom. The lowest BCUT2D eigenvalue weighted by molar-refractivity contribution is -0.0290. The Bertz CT molecular complexity index is 802. The summed E-state index contributed by atoms with van der Waals surface area (Å²) >= 11 is 0. The summed E-state index contributed by atoms with van der Waals surface area (Å²) in [4.78, 5) is 0.879. The maximum absolute atomic E-state index is 13.4. The predicted molar refractivity (Wildman–Crippen MR) is 102 cm³/mol. The van der Waals surface area contributed by atoms with Crippen LogP contribution in [0.3, 0.4) is 0 Å². The normalized spacial score (nSPS) is 27.6. The molecule has 2 aliphatic rings. The molecule has 0 saturated carbocycles. The third-order valence-electron chi connectivity index (χ3n) is 6.01. The number of allylic oxidation sites excluding steroid dienone is 4. The maximum atomic E-state index is 13.4. The van der Waals surface area contributed by atoms with Crippen molar-refractivity contribution in [1.29, 1.82) is 0 Å². The first-order valence-corrected chi connectivity index (χ1v) is 10.5. The summed E-state index contributed by atoms with van der Waals surface area (Å²) in [6.07, 6.45) is 4.61. The summed E-state index contributed by atoms with van der Waals surface area (Å²) < 4.78 is 37.9. The molecule has 1 aromatic rings. The summed E-state index contributed by atoms with van der Waals surface area (Å²) in [6, 6.07) is 8.71. The quantitative estimate of drug-likeness (QED) is 0.757. The molecule has 0 fully saturated rings. The molecule has 2 aliphatic carbocycles. The van der Waals surface area contributed by atoms with Crippen molar-refractivity contribution in [3.8, 4) is 0 Å². The van der Waals surface area contributed by atoms with Crippen molar-refractivity contribution in [3.05, 3.63) is 53.0 Å². The second-order valence-electron chi connectivity index (χ2n) is 7.66. The molecule has 0 N–H and O–H groups in total. The molecule has 0 amide bonds. The van der Waals surface area contributed by atoms with Crippen molar-refractivity contribution >= 4 is 9.84 Å². The Kier molecular flexibility index (Phi) is 5.42. The van der Waals surface area contributed by atoms with Gasteiger partial charge in [-0.25, -0.2) is 8.42 Å². The first-order valence-electron chi connectivity index (χ1n) is 9.06. The Morgan fingerprint density at radius 3 is 2.27 bits per heavy atom. The second kappa shape index (κ2) is 7.29. The topological polar surface area (TPSA) is 52.6 Å². The Hall–Kier alpha value is -1.43. The zero-order valence-corrected chi connectivity index (χ0v) is 16.8. The number of benzene rings is 1. The maximum Gasteiger partial charge on any atom is 0.203 e. The molecule has 26 heavy (non-hydrogen) atoms. The van der Waals surface area contributed by atoms with E-state index in [-0.39, 0.29) is 11.3 Å². The van der Waals surface area contributed by atoms with Gasteiger partial charge >= 0.3 is 0 Å². The highest BCUT2D eigenvalue weighted by Gasteiger charge is 2.53. The zero-order valence-electron chi connectivity index (χ0n) is 15.9. The SMILES string of the molecule is COCC1(COC)CC(S(=O)(=O)c2ccccc2)=C2C=C[C@H](C)[C@H](C)C21. The van der Waals surface area contributed by atoms with Gasteiger partial charge in [0, 0.05) is 19.6 Å². The van der Waals surface area contributed by atoms with E-state index in [2.05, 4.69) is 19.9 Å². The van der Waals surface area contributed by atoms with Crippen LogP contribution in [-0.2, 0) is 19.3 Å². The van der Waals surface area contributed by atoms with E-state index in [1.54, 1.807) is 38.5 Å². The van der Waals surface area contributed by atoms with Crippen LogP contribution in [0.4, 0.5) is 0 Å². The van der Waals surface area contributed by atoms with Crippen molar-refractivity contribution in [3.63, 3.8) is 0 Å². The van der Waals surface area contributed by atoms with E-state index in [4.69, 9.17) is 9.47 Å². The number of fused-ring (bicyclic) bond motifs is 1. The summed E-state index contributed by atoms with van der Waals surface area (Å²) in [7, 11) is -0.192. The van der Waals surface area contributed by atoms with Gasteiger partial charge in [-0.05, 0) is 41.9 Å². The lowest BCUT2D eigenvalue weighted by Gasteiger charge is -2.42. The number of sulfone groups is 1. The van der Waals surface area contributed by atoms with Crippen LogP contribution in [0.5, 0.6) is 0 Å². The van der Waals surface area contributed by atoms with Crippen LogP contribution >= 0.6 is 0 Å². The minimum atomic E-state index is -3.54. The van der Waals surface area contributed by atoms with E-state index in [0.29, 0.717) is 41.3 Å². The van der Waals surface area contributed by atoms with Gasteiger partial charge in [-0.1, -0.05) is 44.2 Å². The van der Waals surface area contributed by atoms with Crippen LogP contribution in [0.25, 0.3) is 0 Å². The molecule has 0 aromatic heterocycles. The van der Waals surface area contributed by atoms with Crippen molar-refractivity contribution in [2.24, 2.45) is 23.2 Å². The Balaban J connectivity index is 2.17. The lowest BCUT2D eigenvalue weighted by atomic mass is 9.65. The van der Waals surface area contributed by atoms with Gasteiger partial charge in [0.15, 0.2) is 0 Å². The lowest BCUT2D eigenvalue weighted by Crippen LogP contribution is -2.42. The molecule has 0 radical (unpaired) electrons. The number of ether oxygens (including phenoxy) is 2. The molecule has 3 atom stereocenters. The summed E-state index contributed by atoms with van der Waals surface area (Å²) in [6.45, 7) is 5.35. The van der Waals surface area contributed by atoms with Gasteiger partial charge in [0.1, 0.15) is 0 Å². The molecule has 0 bridgehead atoms. The van der Waals surface area contributed by atoms with Gasteiger partial charge in [-0.2, -0.15) is 0 Å². The molecule has 0 aliphatic heterocycles. The van der Waals surface area contributed by atoms with Gasteiger partial charge in [0.05, 0.1) is 23.0 Å². The fourth-order valence-corrected chi connectivity index (χ4v) is 6.48. The van der Waals surface area contributed by atoms with E-state index >= 15 is 0 Å². The molecular weight excluding hydrogens is 348 g/mol. The van der Waals surface area contributed by atoms with Gasteiger partial charge in [0.2, 0.25) is 9.84 Å². The molecule has 0 spiro atoms. The van der Waals surface area contributed by atoms with E-state index in [0.717, 1.165) is 5.57 Å². The van der Waals surface area contributed by atoms with E-state index in [1.807, 2.05) is 12.1 Å². The van der Waals surface area contributed by atoms with Crippen LogP contribution in [0.1, 0.15) is 20.3 Å². The van der Waals surface area contributed by atoms with Gasteiger partial charge in [-0.15, -0.1) is 0 Å². The largest absolute Gasteiger partial charge is 0.384 e. The van der Waals surface area contributed by atoms with Crippen molar-refractivity contribution in [1.82, 2.24) is 0 Å². The van der Waals surface area contributed by atoms with Crippen LogP contribution in [-0.4, -0.2) is 35.9 Å². The Morgan fingerprint density at radius 2 is 1.69 bits per heavy atom. The molecule has 1 aromatic carbocycles. The van der Waals surface area contributed by atoms with E-state index in [1.165, 1.54) is 0 Å².